The second-order valence-electron chi connectivity index (χ2n) is 17.3. The normalized spacial score (nSPS) is 11.5. The molecule has 0 atom stereocenters. The fourth-order valence-corrected chi connectivity index (χ4v) is 10.3. The van der Waals surface area contributed by atoms with E-state index in [9.17, 15) is 0 Å². The molecule has 4 nitrogen and oxygen atoms in total. The van der Waals surface area contributed by atoms with Gasteiger partial charge in [-0.3, -0.25) is 0 Å². The number of hydrogen-bond acceptors (Lipinski definition) is 3. The zero-order valence-electron chi connectivity index (χ0n) is 36.7. The molecule has 0 N–H and O–H groups in total. The van der Waals surface area contributed by atoms with Crippen molar-refractivity contribution in [3.05, 3.63) is 242 Å². The first-order valence-electron chi connectivity index (χ1n) is 22.9. The molecule has 314 valence electrons. The molecule has 0 amide bonds. The van der Waals surface area contributed by atoms with Gasteiger partial charge in [0.25, 0.3) is 0 Å². The summed E-state index contributed by atoms with van der Waals surface area (Å²) >= 11 is 0. The summed E-state index contributed by atoms with van der Waals surface area (Å²) in [4.78, 5) is 19.6. The van der Waals surface area contributed by atoms with E-state index < -0.39 is 0 Å². The third-order valence-electron chi connectivity index (χ3n) is 13.5. The largest absolute Gasteiger partial charge is 0.238 e. The second-order valence-corrected chi connectivity index (χ2v) is 17.3. The van der Waals surface area contributed by atoms with Gasteiger partial charge in [0.2, 0.25) is 0 Å². The second kappa shape index (κ2) is 16.0. The minimum absolute atomic E-state index is 0.600. The van der Waals surface area contributed by atoms with E-state index in [-0.39, 0.29) is 0 Å². The first-order chi connectivity index (χ1) is 33.7. The molecule has 1 heterocycles. The Labute approximate surface area is 394 Å². The van der Waals surface area contributed by atoms with Gasteiger partial charge in [0, 0.05) is 16.7 Å². The van der Waals surface area contributed by atoms with E-state index in [0.717, 1.165) is 61.2 Å². The summed E-state index contributed by atoms with van der Waals surface area (Å²) in [5, 5.41) is 7.37. The maximum absolute atomic E-state index is 8.29. The first-order valence-corrected chi connectivity index (χ1v) is 22.9. The molecule has 12 aromatic rings. The molecule has 0 fully saturated rings. The van der Waals surface area contributed by atoms with Gasteiger partial charge in [-0.15, -0.1) is 0 Å². The van der Waals surface area contributed by atoms with Gasteiger partial charge in [-0.1, -0.05) is 218 Å². The highest BCUT2D eigenvalue weighted by atomic mass is 15.0. The minimum atomic E-state index is 0.600. The highest BCUT2D eigenvalue weighted by Gasteiger charge is 2.23. The number of aromatic nitrogens is 3. The van der Waals surface area contributed by atoms with Crippen LogP contribution in [0.4, 0.5) is 5.69 Å². The van der Waals surface area contributed by atoms with Crippen LogP contribution in [0.1, 0.15) is 0 Å². The maximum atomic E-state index is 8.29. The average molecular weight is 863 g/mol. The van der Waals surface area contributed by atoms with Crippen molar-refractivity contribution in [2.75, 3.05) is 0 Å². The molecule has 0 unspecified atom stereocenters. The molecular formula is C64H38N4. The molecule has 1 aliphatic carbocycles. The third kappa shape index (κ3) is 6.48. The molecular weight excluding hydrogens is 825 g/mol. The van der Waals surface area contributed by atoms with E-state index in [2.05, 4.69) is 193 Å². The van der Waals surface area contributed by atoms with Crippen molar-refractivity contribution < 1.29 is 0 Å². The lowest BCUT2D eigenvalue weighted by molar-refractivity contribution is 1.07. The number of nitrogens with zero attached hydrogens (tertiary/aromatic N) is 4. The van der Waals surface area contributed by atoms with Crippen molar-refractivity contribution in [3.63, 3.8) is 0 Å². The summed E-state index contributed by atoms with van der Waals surface area (Å²) in [7, 11) is 0. The molecule has 0 saturated heterocycles. The first kappa shape index (κ1) is 39.1. The van der Waals surface area contributed by atoms with E-state index in [1.807, 2.05) is 42.5 Å². The lowest BCUT2D eigenvalue weighted by atomic mass is 9.88. The fraction of sp³-hybridized carbons (Fsp3) is 0. The molecule has 0 aliphatic heterocycles. The predicted octanol–water partition coefficient (Wildman–Crippen LogP) is 17.2. The molecule has 11 aromatic carbocycles. The van der Waals surface area contributed by atoms with Crippen molar-refractivity contribution in [3.8, 4) is 101 Å². The van der Waals surface area contributed by atoms with Crippen molar-refractivity contribution in [2.24, 2.45) is 0 Å². The molecule has 0 bridgehead atoms. The van der Waals surface area contributed by atoms with Crippen LogP contribution in [0.15, 0.2) is 231 Å². The summed E-state index contributed by atoms with van der Waals surface area (Å²) in [5.41, 5.74) is 16.5. The Hall–Kier alpha value is -9.30. The van der Waals surface area contributed by atoms with Crippen molar-refractivity contribution in [2.45, 2.75) is 0 Å². The van der Waals surface area contributed by atoms with Crippen molar-refractivity contribution >= 4 is 38.0 Å². The van der Waals surface area contributed by atoms with Crippen LogP contribution in [0, 0.1) is 6.57 Å². The van der Waals surface area contributed by atoms with Gasteiger partial charge in [-0.25, -0.2) is 19.8 Å². The Balaban J connectivity index is 0.912. The Kier molecular flexibility index (Phi) is 9.20. The van der Waals surface area contributed by atoms with Crippen LogP contribution in [0.25, 0.3) is 138 Å². The Morgan fingerprint density at radius 3 is 1.62 bits per heavy atom. The quantitative estimate of drug-likeness (QED) is 0.118. The van der Waals surface area contributed by atoms with Gasteiger partial charge in [0.15, 0.2) is 23.2 Å². The summed E-state index contributed by atoms with van der Waals surface area (Å²) in [6.45, 7) is 8.29. The molecule has 1 aliphatic rings. The van der Waals surface area contributed by atoms with Gasteiger partial charge in [-0.2, -0.15) is 0 Å². The van der Waals surface area contributed by atoms with Crippen molar-refractivity contribution in [1.29, 1.82) is 0 Å². The SMILES string of the molecule is [C-]#[N+]c1ccc(-c2cccc(-c3ccccc3-c3nc(-c4ccccc4)nc(-c4ccc5c(c4)-c4cccc6cccc-5c46)n3)c2)cc1-c1ccccc1-c1cccc2c1ccc1ccccc12. The topological polar surface area (TPSA) is 43.0 Å². The highest BCUT2D eigenvalue weighted by Crippen LogP contribution is 2.49. The maximum Gasteiger partial charge on any atom is 0.194 e. The fourth-order valence-electron chi connectivity index (χ4n) is 10.3. The number of hydrogen-bond donors (Lipinski definition) is 0. The summed E-state index contributed by atoms with van der Waals surface area (Å²) < 4.78 is 0. The smallest absolute Gasteiger partial charge is 0.194 e. The van der Waals surface area contributed by atoms with Crippen LogP contribution < -0.4 is 0 Å². The molecule has 13 rings (SSSR count). The Morgan fingerprint density at radius 1 is 0.265 bits per heavy atom. The van der Waals surface area contributed by atoms with Crippen LogP contribution >= 0.6 is 0 Å². The van der Waals surface area contributed by atoms with Crippen LogP contribution in [0.2, 0.25) is 0 Å². The number of fused-ring (bicyclic) bond motifs is 6. The number of rotatable bonds is 7. The zero-order valence-corrected chi connectivity index (χ0v) is 36.7. The Morgan fingerprint density at radius 2 is 0.794 bits per heavy atom. The number of benzene rings is 11. The van der Waals surface area contributed by atoms with Gasteiger partial charge < -0.3 is 0 Å². The van der Waals surface area contributed by atoms with Gasteiger partial charge >= 0.3 is 0 Å². The zero-order chi connectivity index (χ0) is 45.1. The predicted molar refractivity (Wildman–Crippen MR) is 281 cm³/mol. The molecule has 1 aromatic heterocycles. The monoisotopic (exact) mass is 862 g/mol. The van der Waals surface area contributed by atoms with E-state index in [0.29, 0.717) is 23.2 Å². The third-order valence-corrected chi connectivity index (χ3v) is 13.5. The van der Waals surface area contributed by atoms with Gasteiger partial charge in [0.1, 0.15) is 0 Å². The van der Waals surface area contributed by atoms with Crippen LogP contribution in [-0.4, -0.2) is 15.0 Å². The van der Waals surface area contributed by atoms with E-state index in [4.69, 9.17) is 21.5 Å². The Bertz CT molecular complexity index is 4050. The molecule has 0 spiro atoms. The van der Waals surface area contributed by atoms with E-state index in [1.165, 1.54) is 54.6 Å². The summed E-state index contributed by atoms with van der Waals surface area (Å²) in [6.07, 6.45) is 0. The van der Waals surface area contributed by atoms with Crippen LogP contribution in [0.5, 0.6) is 0 Å². The van der Waals surface area contributed by atoms with E-state index >= 15 is 0 Å². The lowest BCUT2D eigenvalue weighted by Gasteiger charge is -2.16. The van der Waals surface area contributed by atoms with E-state index in [1.54, 1.807) is 0 Å². The van der Waals surface area contributed by atoms with Crippen LogP contribution in [-0.2, 0) is 0 Å². The van der Waals surface area contributed by atoms with Gasteiger partial charge in [0.05, 0.1) is 6.57 Å². The molecule has 0 radical (unpaired) electrons. The van der Waals surface area contributed by atoms with Gasteiger partial charge in [-0.05, 0) is 111 Å². The summed E-state index contributed by atoms with van der Waals surface area (Å²) in [6, 6.07) is 81.0. The summed E-state index contributed by atoms with van der Waals surface area (Å²) in [5.74, 6) is 1.83. The minimum Gasteiger partial charge on any atom is -0.238 e. The highest BCUT2D eigenvalue weighted by molar-refractivity contribution is 6.16. The molecule has 4 heteroatoms. The average Bonchev–Trinajstić information content (AvgIpc) is 3.74. The van der Waals surface area contributed by atoms with Crippen molar-refractivity contribution in [1.82, 2.24) is 15.0 Å². The van der Waals surface area contributed by atoms with Crippen LogP contribution in [0.3, 0.4) is 0 Å². The standard InChI is InChI=1S/C64H38N4/c1-65-60-36-33-44(38-59(60)52-25-9-8-24-50(52)51-28-14-27-49-47-22-6-5-15-40(47)31-34-53(49)51)43-20-11-21-45(37-43)48-23-7-10-26-57(48)64-67-62(42-16-3-2-4-17-42)66-63(68-64)46-32-35-54-55-29-12-18-41-19-13-30-56(61(41)55)58(54)39-46/h2-39H. The molecule has 0 saturated carbocycles. The lowest BCUT2D eigenvalue weighted by Crippen LogP contribution is -2.01. The molecule has 68 heavy (non-hydrogen) atoms.